The maximum atomic E-state index is 12.7. The summed E-state index contributed by atoms with van der Waals surface area (Å²) in [5.74, 6) is 2.89. The molecule has 0 aliphatic carbocycles. The number of carbonyl (C=O) groups excluding carboxylic acids is 2. The van der Waals surface area contributed by atoms with Crippen LogP contribution in [0, 0.1) is 6.92 Å². The zero-order valence-corrected chi connectivity index (χ0v) is 22.7. The van der Waals surface area contributed by atoms with Crippen molar-refractivity contribution in [3.05, 3.63) is 84.4 Å². The summed E-state index contributed by atoms with van der Waals surface area (Å²) in [4.78, 5) is 39.7. The van der Waals surface area contributed by atoms with Gasteiger partial charge in [-0.25, -0.2) is 14.8 Å². The molecule has 0 unspecified atom stereocenters. The fourth-order valence-electron chi connectivity index (χ4n) is 4.16. The summed E-state index contributed by atoms with van der Waals surface area (Å²) in [5.41, 5.74) is 2.21. The lowest BCUT2D eigenvalue weighted by atomic mass is 10.2. The number of amides is 3. The molecule has 0 spiro atoms. The lowest BCUT2D eigenvalue weighted by Gasteiger charge is -2.28. The average Bonchev–Trinajstić information content (AvgIpc) is 2.98. The monoisotopic (exact) mass is 554 g/mol. The Morgan fingerprint density at radius 1 is 0.878 bits per heavy atom. The third kappa shape index (κ3) is 7.46. The van der Waals surface area contributed by atoms with E-state index < -0.39 is 6.03 Å². The number of hydrogen-bond donors (Lipinski definition) is 4. The number of rotatable bonds is 8. The number of urea groups is 1. The SMILES string of the molecule is CNC(=O)c1cc(Oc2ccc(NC(=O)Nc3cccc(Nc4cc(N5CCOCC5)nc(C)n4)c3)cc2)ccn1. The van der Waals surface area contributed by atoms with Crippen molar-refractivity contribution in [3.63, 3.8) is 0 Å². The molecule has 2 aromatic carbocycles. The number of aryl methyl sites for hydroxylation is 1. The van der Waals surface area contributed by atoms with E-state index >= 15 is 0 Å². The summed E-state index contributed by atoms with van der Waals surface area (Å²) in [6.07, 6.45) is 1.50. The first kappa shape index (κ1) is 27.3. The molecule has 3 amide bonds. The molecule has 0 saturated carbocycles. The minimum Gasteiger partial charge on any atom is -0.457 e. The van der Waals surface area contributed by atoms with Crippen LogP contribution in [0.1, 0.15) is 16.3 Å². The Hall–Kier alpha value is -5.23. The van der Waals surface area contributed by atoms with Crippen LogP contribution < -0.4 is 30.9 Å². The maximum absolute atomic E-state index is 12.7. The van der Waals surface area contributed by atoms with Crippen LogP contribution in [0.25, 0.3) is 0 Å². The second-order valence-corrected chi connectivity index (χ2v) is 9.13. The molecule has 4 aromatic rings. The van der Waals surface area contributed by atoms with Crippen molar-refractivity contribution in [2.75, 3.05) is 54.2 Å². The van der Waals surface area contributed by atoms with Crippen molar-refractivity contribution >= 4 is 40.6 Å². The summed E-state index contributed by atoms with van der Waals surface area (Å²) >= 11 is 0. The highest BCUT2D eigenvalue weighted by Gasteiger charge is 2.14. The topological polar surface area (TPSA) is 143 Å². The number of benzene rings is 2. The van der Waals surface area contributed by atoms with Gasteiger partial charge in [0, 0.05) is 55.5 Å². The van der Waals surface area contributed by atoms with Gasteiger partial charge in [-0.05, 0) is 55.5 Å². The Balaban J connectivity index is 1.17. The molecule has 0 bridgehead atoms. The fraction of sp³-hybridized carbons (Fsp3) is 0.207. The maximum Gasteiger partial charge on any atom is 0.323 e. The molecule has 210 valence electrons. The number of aromatic nitrogens is 3. The molecular weight excluding hydrogens is 524 g/mol. The molecule has 1 saturated heterocycles. The highest BCUT2D eigenvalue weighted by atomic mass is 16.5. The van der Waals surface area contributed by atoms with Crippen LogP contribution in [0.4, 0.5) is 33.5 Å². The van der Waals surface area contributed by atoms with Gasteiger partial charge in [0.15, 0.2) is 0 Å². The van der Waals surface area contributed by atoms with Crippen molar-refractivity contribution in [3.8, 4) is 11.5 Å². The van der Waals surface area contributed by atoms with Gasteiger partial charge in [0.1, 0.15) is 34.7 Å². The van der Waals surface area contributed by atoms with E-state index in [4.69, 9.17) is 9.47 Å². The van der Waals surface area contributed by atoms with Gasteiger partial charge in [0.05, 0.1) is 13.2 Å². The van der Waals surface area contributed by atoms with Crippen LogP contribution >= 0.6 is 0 Å². The number of hydrogen-bond acceptors (Lipinski definition) is 9. The van der Waals surface area contributed by atoms with Gasteiger partial charge in [-0.1, -0.05) is 6.07 Å². The zero-order chi connectivity index (χ0) is 28.6. The zero-order valence-electron chi connectivity index (χ0n) is 22.7. The van der Waals surface area contributed by atoms with Gasteiger partial charge in [0.25, 0.3) is 5.91 Å². The van der Waals surface area contributed by atoms with E-state index in [1.54, 1.807) is 42.5 Å². The number of pyridine rings is 1. The number of anilines is 5. The summed E-state index contributed by atoms with van der Waals surface area (Å²) in [6.45, 7) is 4.77. The lowest BCUT2D eigenvalue weighted by Crippen LogP contribution is -2.36. The standard InChI is InChI=1S/C29H30N8O4/c1-19-32-26(18-27(33-19)37-12-14-40-15-13-37)34-21-4-3-5-22(16-21)36-29(39)35-20-6-8-23(9-7-20)41-24-10-11-31-25(17-24)28(38)30-2/h3-11,16-18H,12-15H2,1-2H3,(H,30,38)(H,32,33,34)(H2,35,36,39). The quantitative estimate of drug-likeness (QED) is 0.247. The van der Waals surface area contributed by atoms with Crippen molar-refractivity contribution in [2.24, 2.45) is 0 Å². The van der Waals surface area contributed by atoms with E-state index in [2.05, 4.69) is 41.1 Å². The molecule has 1 fully saturated rings. The number of carbonyl (C=O) groups is 2. The third-order valence-corrected chi connectivity index (χ3v) is 6.09. The molecule has 2 aromatic heterocycles. The Bertz CT molecular complexity index is 1520. The minimum atomic E-state index is -0.396. The summed E-state index contributed by atoms with van der Waals surface area (Å²) in [5, 5.41) is 11.5. The van der Waals surface area contributed by atoms with Crippen LogP contribution in [0.15, 0.2) is 72.9 Å². The average molecular weight is 555 g/mol. The Labute approximate surface area is 237 Å². The number of nitrogens with zero attached hydrogens (tertiary/aromatic N) is 4. The number of ether oxygens (including phenoxy) is 2. The van der Waals surface area contributed by atoms with E-state index in [9.17, 15) is 9.59 Å². The second-order valence-electron chi connectivity index (χ2n) is 9.13. The van der Waals surface area contributed by atoms with Gasteiger partial charge < -0.3 is 35.6 Å². The predicted molar refractivity (Wildman–Crippen MR) is 156 cm³/mol. The normalized spacial score (nSPS) is 12.8. The molecule has 0 atom stereocenters. The largest absolute Gasteiger partial charge is 0.457 e. The summed E-state index contributed by atoms with van der Waals surface area (Å²) in [6, 6.07) is 19.0. The summed E-state index contributed by atoms with van der Waals surface area (Å²) < 4.78 is 11.2. The molecule has 12 nitrogen and oxygen atoms in total. The molecular formula is C29H30N8O4. The van der Waals surface area contributed by atoms with Gasteiger partial charge in [-0.2, -0.15) is 0 Å². The Morgan fingerprint density at radius 3 is 2.41 bits per heavy atom. The van der Waals surface area contributed by atoms with E-state index in [-0.39, 0.29) is 11.6 Å². The van der Waals surface area contributed by atoms with Crippen LogP contribution in [-0.4, -0.2) is 60.2 Å². The predicted octanol–water partition coefficient (Wildman–Crippen LogP) is 4.56. The third-order valence-electron chi connectivity index (χ3n) is 6.09. The lowest BCUT2D eigenvalue weighted by molar-refractivity contribution is 0.0957. The van der Waals surface area contributed by atoms with E-state index in [0.29, 0.717) is 47.7 Å². The van der Waals surface area contributed by atoms with Crippen molar-refractivity contribution < 1.29 is 19.1 Å². The van der Waals surface area contributed by atoms with Crippen LogP contribution in [-0.2, 0) is 4.74 Å². The molecule has 3 heterocycles. The van der Waals surface area contributed by atoms with Gasteiger partial charge in [-0.15, -0.1) is 0 Å². The Kier molecular flexibility index (Phi) is 8.50. The first-order valence-electron chi connectivity index (χ1n) is 13.0. The van der Waals surface area contributed by atoms with Crippen LogP contribution in [0.3, 0.4) is 0 Å². The smallest absolute Gasteiger partial charge is 0.323 e. The molecule has 1 aliphatic heterocycles. The fourth-order valence-corrected chi connectivity index (χ4v) is 4.16. The van der Waals surface area contributed by atoms with Crippen LogP contribution in [0.5, 0.6) is 11.5 Å². The van der Waals surface area contributed by atoms with E-state index in [1.165, 1.54) is 13.2 Å². The highest BCUT2D eigenvalue weighted by molar-refractivity contribution is 6.00. The van der Waals surface area contributed by atoms with Gasteiger partial charge in [0.2, 0.25) is 0 Å². The van der Waals surface area contributed by atoms with Crippen molar-refractivity contribution in [1.82, 2.24) is 20.3 Å². The van der Waals surface area contributed by atoms with Gasteiger partial charge in [-0.3, -0.25) is 9.78 Å². The second kappa shape index (κ2) is 12.7. The number of nitrogens with one attached hydrogen (secondary N) is 4. The van der Waals surface area contributed by atoms with E-state index in [1.807, 2.05) is 31.2 Å². The van der Waals surface area contributed by atoms with E-state index in [0.717, 1.165) is 24.6 Å². The van der Waals surface area contributed by atoms with Crippen molar-refractivity contribution in [1.29, 1.82) is 0 Å². The molecule has 1 aliphatic rings. The molecule has 4 N–H and O–H groups in total. The van der Waals surface area contributed by atoms with Crippen molar-refractivity contribution in [2.45, 2.75) is 6.92 Å². The molecule has 12 heteroatoms. The summed E-state index contributed by atoms with van der Waals surface area (Å²) in [7, 11) is 1.54. The Morgan fingerprint density at radius 2 is 1.63 bits per heavy atom. The van der Waals surface area contributed by atoms with Crippen LogP contribution in [0.2, 0.25) is 0 Å². The minimum absolute atomic E-state index is 0.254. The first-order valence-corrected chi connectivity index (χ1v) is 13.0. The van der Waals surface area contributed by atoms with Gasteiger partial charge >= 0.3 is 6.03 Å². The highest BCUT2D eigenvalue weighted by Crippen LogP contribution is 2.25. The first-order chi connectivity index (χ1) is 19.9. The molecule has 0 radical (unpaired) electrons. The molecule has 41 heavy (non-hydrogen) atoms. The molecule has 5 rings (SSSR count). The number of morpholine rings is 1.